The minimum atomic E-state index is -0.373. The van der Waals surface area contributed by atoms with Crippen molar-refractivity contribution in [2.45, 2.75) is 38.1 Å². The van der Waals surface area contributed by atoms with E-state index in [0.29, 0.717) is 18.5 Å². The highest BCUT2D eigenvalue weighted by Gasteiger charge is 2.55. The molecule has 152 valence electrons. The number of ketones is 1. The molecule has 2 aliphatic rings. The van der Waals surface area contributed by atoms with Gasteiger partial charge >= 0.3 is 0 Å². The summed E-state index contributed by atoms with van der Waals surface area (Å²) in [5, 5.41) is 14.7. The number of rotatable bonds is 3. The Balaban J connectivity index is 1.74. The molecule has 0 unspecified atom stereocenters. The first-order chi connectivity index (χ1) is 14.6. The van der Waals surface area contributed by atoms with Gasteiger partial charge in [-0.3, -0.25) is 9.48 Å². The molecule has 3 atom stereocenters. The van der Waals surface area contributed by atoms with Crippen molar-refractivity contribution in [2.24, 2.45) is 11.8 Å². The number of aliphatic hydroxyl groups is 1. The standard InChI is InChI=1S/C26H26N2O2/c1-18-23-13-12-20-15-27-28(16-19-8-4-2-5-9-19)25(20)26(23,14-21(17-29)24(18)30)22-10-6-3-7-11-22/h2-11,15,17-18,23,29H,12-14,16H2,1H3/t18-,23-,26+/m0/s1. The highest BCUT2D eigenvalue weighted by Crippen LogP contribution is 2.56. The number of Topliss-reactive ketones (excluding diaryl/α,β-unsaturated/α-hetero) is 1. The van der Waals surface area contributed by atoms with Gasteiger partial charge in [0.2, 0.25) is 0 Å². The van der Waals surface area contributed by atoms with Crippen LogP contribution in [-0.2, 0) is 23.2 Å². The Morgan fingerprint density at radius 3 is 2.53 bits per heavy atom. The van der Waals surface area contributed by atoms with E-state index in [0.717, 1.165) is 19.1 Å². The Morgan fingerprint density at radius 1 is 1.13 bits per heavy atom. The summed E-state index contributed by atoms with van der Waals surface area (Å²) >= 11 is 0. The van der Waals surface area contributed by atoms with Crippen molar-refractivity contribution in [1.29, 1.82) is 0 Å². The van der Waals surface area contributed by atoms with E-state index in [4.69, 9.17) is 5.10 Å². The Kier molecular flexibility index (Phi) is 4.58. The number of aliphatic hydroxyl groups excluding tert-OH is 1. The SMILES string of the molecule is C[C@@H]1C(=O)C(=CO)C[C@]2(c3ccccc3)c3c(cnn3Cc3ccccc3)CC[C@@H]12. The van der Waals surface area contributed by atoms with Gasteiger partial charge in [0.15, 0.2) is 5.78 Å². The molecule has 5 rings (SSSR count). The quantitative estimate of drug-likeness (QED) is 0.508. The summed E-state index contributed by atoms with van der Waals surface area (Å²) in [6.45, 7) is 2.72. The second-order valence-corrected chi connectivity index (χ2v) is 8.63. The lowest BCUT2D eigenvalue weighted by Gasteiger charge is -2.50. The molecule has 4 nitrogen and oxygen atoms in total. The van der Waals surface area contributed by atoms with Gasteiger partial charge in [0.05, 0.1) is 24.7 Å². The number of carbonyl (C=O) groups excluding carboxylic acids is 1. The Bertz CT molecular complexity index is 1100. The fraction of sp³-hybridized carbons (Fsp3) is 0.308. The average molecular weight is 399 g/mol. The Morgan fingerprint density at radius 2 is 1.83 bits per heavy atom. The smallest absolute Gasteiger partial charge is 0.165 e. The van der Waals surface area contributed by atoms with E-state index < -0.39 is 0 Å². The topological polar surface area (TPSA) is 55.1 Å². The van der Waals surface area contributed by atoms with E-state index >= 15 is 0 Å². The molecule has 1 fully saturated rings. The van der Waals surface area contributed by atoms with Crippen LogP contribution < -0.4 is 0 Å². The minimum Gasteiger partial charge on any atom is -0.515 e. The van der Waals surface area contributed by atoms with Crippen molar-refractivity contribution >= 4 is 5.78 Å². The van der Waals surface area contributed by atoms with Crippen LogP contribution in [0.4, 0.5) is 0 Å². The zero-order valence-electron chi connectivity index (χ0n) is 17.2. The van der Waals surface area contributed by atoms with Crippen LogP contribution in [0.5, 0.6) is 0 Å². The maximum absolute atomic E-state index is 13.0. The van der Waals surface area contributed by atoms with Crippen molar-refractivity contribution in [1.82, 2.24) is 9.78 Å². The molecule has 3 aromatic rings. The summed E-state index contributed by atoms with van der Waals surface area (Å²) in [4.78, 5) is 13.0. The molecule has 1 aromatic heterocycles. The van der Waals surface area contributed by atoms with Gasteiger partial charge in [-0.1, -0.05) is 67.6 Å². The highest BCUT2D eigenvalue weighted by molar-refractivity contribution is 5.98. The molecule has 4 heteroatoms. The monoisotopic (exact) mass is 398 g/mol. The first-order valence-electron chi connectivity index (χ1n) is 10.7. The van der Waals surface area contributed by atoms with Gasteiger partial charge < -0.3 is 5.11 Å². The van der Waals surface area contributed by atoms with Crippen LogP contribution in [-0.4, -0.2) is 20.7 Å². The van der Waals surface area contributed by atoms with Crippen LogP contribution in [0, 0.1) is 11.8 Å². The number of nitrogens with zero attached hydrogens (tertiary/aromatic N) is 2. The van der Waals surface area contributed by atoms with E-state index in [1.54, 1.807) is 0 Å². The first-order valence-corrected chi connectivity index (χ1v) is 10.7. The van der Waals surface area contributed by atoms with Crippen LogP contribution in [0.1, 0.15) is 42.1 Å². The molecular weight excluding hydrogens is 372 g/mol. The van der Waals surface area contributed by atoms with Gasteiger partial charge in [0.1, 0.15) is 0 Å². The van der Waals surface area contributed by atoms with E-state index in [1.165, 1.54) is 22.4 Å². The second-order valence-electron chi connectivity index (χ2n) is 8.63. The largest absolute Gasteiger partial charge is 0.515 e. The highest BCUT2D eigenvalue weighted by atomic mass is 16.2. The number of benzene rings is 2. The maximum atomic E-state index is 13.0. The molecular formula is C26H26N2O2. The predicted octanol–water partition coefficient (Wildman–Crippen LogP) is 4.83. The van der Waals surface area contributed by atoms with Crippen LogP contribution in [0.3, 0.4) is 0 Å². The van der Waals surface area contributed by atoms with Gasteiger partial charge in [0, 0.05) is 16.9 Å². The lowest BCUT2D eigenvalue weighted by Crippen LogP contribution is -2.51. The zero-order valence-corrected chi connectivity index (χ0v) is 17.2. The number of allylic oxidation sites excluding steroid dienone is 1. The summed E-state index contributed by atoms with van der Waals surface area (Å²) in [5.74, 6) is 0.104. The molecule has 30 heavy (non-hydrogen) atoms. The Hall–Kier alpha value is -3.14. The summed E-state index contributed by atoms with van der Waals surface area (Å²) in [7, 11) is 0. The third kappa shape index (κ3) is 2.74. The lowest BCUT2D eigenvalue weighted by molar-refractivity contribution is -0.123. The summed E-state index contributed by atoms with van der Waals surface area (Å²) in [6.07, 6.45) is 5.42. The second kappa shape index (κ2) is 7.28. The first kappa shape index (κ1) is 18.9. The molecule has 0 radical (unpaired) electrons. The predicted molar refractivity (Wildman–Crippen MR) is 116 cm³/mol. The third-order valence-electron chi connectivity index (χ3n) is 7.12. The number of aromatic nitrogens is 2. The van der Waals surface area contributed by atoms with Gasteiger partial charge in [-0.05, 0) is 41.9 Å². The molecule has 0 saturated heterocycles. The third-order valence-corrected chi connectivity index (χ3v) is 7.12. The van der Waals surface area contributed by atoms with Gasteiger partial charge in [-0.2, -0.15) is 5.10 Å². The number of hydrogen-bond acceptors (Lipinski definition) is 3. The molecule has 1 heterocycles. The zero-order chi connectivity index (χ0) is 20.7. The Labute approximate surface area is 176 Å². The molecule has 0 bridgehead atoms. The van der Waals surface area contributed by atoms with Crippen molar-refractivity contribution in [3.05, 3.63) is 101 Å². The molecule has 1 saturated carbocycles. The number of fused-ring (bicyclic) bond motifs is 3. The van der Waals surface area contributed by atoms with Crippen molar-refractivity contribution in [2.75, 3.05) is 0 Å². The van der Waals surface area contributed by atoms with E-state index in [1.807, 2.05) is 25.3 Å². The molecule has 0 spiro atoms. The van der Waals surface area contributed by atoms with Gasteiger partial charge in [-0.15, -0.1) is 0 Å². The molecule has 2 aromatic carbocycles. The van der Waals surface area contributed by atoms with E-state index in [-0.39, 0.29) is 23.0 Å². The lowest BCUT2D eigenvalue weighted by atomic mass is 9.52. The van der Waals surface area contributed by atoms with Crippen molar-refractivity contribution < 1.29 is 9.90 Å². The number of aryl methyl sites for hydroxylation is 1. The van der Waals surface area contributed by atoms with E-state index in [2.05, 4.69) is 53.2 Å². The fourth-order valence-corrected chi connectivity index (χ4v) is 5.78. The van der Waals surface area contributed by atoms with Crippen molar-refractivity contribution in [3.63, 3.8) is 0 Å². The van der Waals surface area contributed by atoms with Gasteiger partial charge in [-0.25, -0.2) is 0 Å². The fourth-order valence-electron chi connectivity index (χ4n) is 5.78. The van der Waals surface area contributed by atoms with Crippen molar-refractivity contribution in [3.8, 4) is 0 Å². The molecule has 2 aliphatic carbocycles. The number of hydrogen-bond donors (Lipinski definition) is 1. The molecule has 0 amide bonds. The number of carbonyl (C=O) groups is 1. The minimum absolute atomic E-state index is 0.0756. The maximum Gasteiger partial charge on any atom is 0.165 e. The van der Waals surface area contributed by atoms with Crippen LogP contribution in [0.25, 0.3) is 0 Å². The van der Waals surface area contributed by atoms with Crippen LogP contribution in [0.2, 0.25) is 0 Å². The van der Waals surface area contributed by atoms with Crippen LogP contribution in [0.15, 0.2) is 78.7 Å². The summed E-state index contributed by atoms with van der Waals surface area (Å²) < 4.78 is 2.13. The average Bonchev–Trinajstić information content (AvgIpc) is 3.21. The summed E-state index contributed by atoms with van der Waals surface area (Å²) in [5.41, 5.74) is 5.00. The summed E-state index contributed by atoms with van der Waals surface area (Å²) in [6, 6.07) is 20.9. The van der Waals surface area contributed by atoms with E-state index in [9.17, 15) is 9.90 Å². The van der Waals surface area contributed by atoms with Gasteiger partial charge in [0.25, 0.3) is 0 Å². The normalized spacial score (nSPS) is 27.0. The molecule has 0 aliphatic heterocycles. The van der Waals surface area contributed by atoms with Crippen LogP contribution >= 0.6 is 0 Å². The molecule has 1 N–H and O–H groups in total.